The molecule has 0 aliphatic carbocycles. The highest BCUT2D eigenvalue weighted by atomic mass is 32.2. The van der Waals surface area contributed by atoms with Crippen LogP contribution < -0.4 is 9.88 Å². The van der Waals surface area contributed by atoms with Gasteiger partial charge in [-0.1, -0.05) is 12.1 Å². The third-order valence-electron chi connectivity index (χ3n) is 3.37. The van der Waals surface area contributed by atoms with Gasteiger partial charge < -0.3 is 4.74 Å². The Hall–Kier alpha value is -1.86. The Kier molecular flexibility index (Phi) is 4.34. The molecule has 0 spiro atoms. The fraction of sp³-hybridized carbons (Fsp3) is 0.357. The zero-order valence-corrected chi connectivity index (χ0v) is 13.1. The van der Waals surface area contributed by atoms with E-state index in [1.54, 1.807) is 25.6 Å². The third-order valence-corrected chi connectivity index (χ3v) is 4.53. The molecule has 0 bridgehead atoms. The smallest absolute Gasteiger partial charge is 0.241 e. The van der Waals surface area contributed by atoms with Crippen molar-refractivity contribution in [3.63, 3.8) is 0 Å². The number of rotatable bonds is 5. The van der Waals surface area contributed by atoms with Crippen molar-refractivity contribution in [2.24, 2.45) is 5.14 Å². The monoisotopic (exact) mass is 309 g/mol. The first-order valence-electron chi connectivity index (χ1n) is 6.52. The Bertz CT molecular complexity index is 734. The number of nitrogens with two attached hydrogens (primary N) is 1. The zero-order valence-electron chi connectivity index (χ0n) is 12.3. The number of aromatic nitrogens is 2. The summed E-state index contributed by atoms with van der Waals surface area (Å²) in [4.78, 5) is 0.122. The Morgan fingerprint density at radius 2 is 1.86 bits per heavy atom. The highest BCUT2D eigenvalue weighted by molar-refractivity contribution is 7.89. The van der Waals surface area contributed by atoms with E-state index in [-0.39, 0.29) is 4.90 Å². The van der Waals surface area contributed by atoms with Gasteiger partial charge in [-0.2, -0.15) is 5.10 Å². The first-order valence-corrected chi connectivity index (χ1v) is 8.07. The van der Waals surface area contributed by atoms with E-state index >= 15 is 0 Å². The van der Waals surface area contributed by atoms with Crippen molar-refractivity contribution in [2.75, 3.05) is 7.11 Å². The van der Waals surface area contributed by atoms with Crippen LogP contribution in [0.1, 0.15) is 17.0 Å². The van der Waals surface area contributed by atoms with Crippen LogP contribution in [0.5, 0.6) is 5.75 Å². The molecule has 6 nitrogen and oxygen atoms in total. The van der Waals surface area contributed by atoms with Crippen LogP contribution in [0, 0.1) is 13.8 Å². The predicted molar refractivity (Wildman–Crippen MR) is 79.8 cm³/mol. The fourth-order valence-electron chi connectivity index (χ4n) is 2.34. The molecule has 1 aromatic carbocycles. The number of benzene rings is 1. The number of methoxy groups -OCH3 is 1. The van der Waals surface area contributed by atoms with E-state index in [1.807, 2.05) is 24.3 Å². The highest BCUT2D eigenvalue weighted by Gasteiger charge is 2.20. The van der Waals surface area contributed by atoms with Crippen molar-refractivity contribution in [3.05, 3.63) is 41.2 Å². The van der Waals surface area contributed by atoms with Gasteiger partial charge in [-0.3, -0.25) is 4.68 Å². The molecule has 0 unspecified atom stereocenters. The fourth-order valence-corrected chi connectivity index (χ4v) is 3.31. The van der Waals surface area contributed by atoms with Crippen LogP contribution in [-0.4, -0.2) is 25.3 Å². The normalized spacial score (nSPS) is 11.6. The summed E-state index contributed by atoms with van der Waals surface area (Å²) in [5.41, 5.74) is 2.13. The molecular weight excluding hydrogens is 290 g/mol. The molecule has 0 saturated carbocycles. The molecule has 0 aliphatic rings. The molecule has 7 heteroatoms. The van der Waals surface area contributed by atoms with Gasteiger partial charge in [-0.25, -0.2) is 13.6 Å². The van der Waals surface area contributed by atoms with Crippen molar-refractivity contribution >= 4 is 10.0 Å². The minimum atomic E-state index is -3.74. The molecule has 0 atom stereocenters. The quantitative estimate of drug-likeness (QED) is 0.904. The average molecular weight is 309 g/mol. The largest absolute Gasteiger partial charge is 0.497 e. The van der Waals surface area contributed by atoms with E-state index in [0.29, 0.717) is 17.9 Å². The maximum Gasteiger partial charge on any atom is 0.241 e. The van der Waals surface area contributed by atoms with E-state index in [4.69, 9.17) is 9.88 Å². The second kappa shape index (κ2) is 5.87. The topological polar surface area (TPSA) is 87.2 Å². The molecule has 2 rings (SSSR count). The van der Waals surface area contributed by atoms with Gasteiger partial charge in [-0.05, 0) is 38.0 Å². The lowest BCUT2D eigenvalue weighted by molar-refractivity contribution is 0.414. The number of hydrogen-bond donors (Lipinski definition) is 1. The van der Waals surface area contributed by atoms with Crippen LogP contribution in [0.15, 0.2) is 29.2 Å². The second-order valence-electron chi connectivity index (χ2n) is 4.87. The number of nitrogens with zero attached hydrogens (tertiary/aromatic N) is 2. The van der Waals surface area contributed by atoms with Gasteiger partial charge in [0.05, 0.1) is 18.5 Å². The summed E-state index contributed by atoms with van der Waals surface area (Å²) >= 11 is 0. The lowest BCUT2D eigenvalue weighted by Crippen LogP contribution is -2.14. The number of hydrogen-bond acceptors (Lipinski definition) is 4. The zero-order chi connectivity index (χ0) is 15.6. The molecule has 0 radical (unpaired) electrons. The van der Waals surface area contributed by atoms with Crippen molar-refractivity contribution in [1.29, 1.82) is 0 Å². The minimum Gasteiger partial charge on any atom is -0.497 e. The molecule has 2 aromatic rings. The number of primary sulfonamides is 1. The summed E-state index contributed by atoms with van der Waals surface area (Å²) in [6.07, 6.45) is 0.746. The molecule has 0 aliphatic heterocycles. The number of aryl methyl sites for hydroxylation is 3. The van der Waals surface area contributed by atoms with E-state index in [0.717, 1.165) is 17.7 Å². The van der Waals surface area contributed by atoms with Gasteiger partial charge in [0.1, 0.15) is 10.6 Å². The van der Waals surface area contributed by atoms with Crippen molar-refractivity contribution < 1.29 is 13.2 Å². The van der Waals surface area contributed by atoms with Gasteiger partial charge in [0.25, 0.3) is 0 Å². The van der Waals surface area contributed by atoms with Gasteiger partial charge in [0.15, 0.2) is 0 Å². The predicted octanol–water partition coefficient (Wildman–Crippen LogP) is 1.40. The summed E-state index contributed by atoms with van der Waals surface area (Å²) < 4.78 is 29.9. The standard InChI is InChI=1S/C14H19N3O3S/c1-10-14(21(15,18)19)11(2)17(16-10)9-8-12-4-6-13(20-3)7-5-12/h4-7H,8-9H2,1-3H3,(H2,15,18,19). The Morgan fingerprint density at radius 3 is 2.33 bits per heavy atom. The van der Waals surface area contributed by atoms with Crippen molar-refractivity contribution in [2.45, 2.75) is 31.7 Å². The molecule has 0 fully saturated rings. The Balaban J connectivity index is 2.17. The van der Waals surface area contributed by atoms with E-state index in [9.17, 15) is 8.42 Å². The van der Waals surface area contributed by atoms with Crippen molar-refractivity contribution in [3.8, 4) is 5.75 Å². The van der Waals surface area contributed by atoms with Gasteiger partial charge >= 0.3 is 0 Å². The van der Waals surface area contributed by atoms with Gasteiger partial charge in [-0.15, -0.1) is 0 Å². The molecule has 21 heavy (non-hydrogen) atoms. The maximum atomic E-state index is 11.5. The summed E-state index contributed by atoms with van der Waals surface area (Å²) in [7, 11) is -2.11. The van der Waals surface area contributed by atoms with E-state index in [1.165, 1.54) is 0 Å². The molecule has 0 amide bonds. The minimum absolute atomic E-state index is 0.122. The average Bonchev–Trinajstić information content (AvgIpc) is 2.71. The molecule has 1 heterocycles. The maximum absolute atomic E-state index is 11.5. The lowest BCUT2D eigenvalue weighted by atomic mass is 10.1. The number of sulfonamides is 1. The number of ether oxygens (including phenoxy) is 1. The molecular formula is C14H19N3O3S. The second-order valence-corrected chi connectivity index (χ2v) is 6.36. The Labute approximate surface area is 124 Å². The highest BCUT2D eigenvalue weighted by Crippen LogP contribution is 2.18. The molecule has 2 N–H and O–H groups in total. The first kappa shape index (κ1) is 15.5. The summed E-state index contributed by atoms with van der Waals surface area (Å²) in [6.45, 7) is 3.96. The van der Waals surface area contributed by atoms with Crippen LogP contribution >= 0.6 is 0 Å². The summed E-state index contributed by atoms with van der Waals surface area (Å²) in [6, 6.07) is 7.74. The van der Waals surface area contributed by atoms with Crippen LogP contribution in [0.3, 0.4) is 0 Å². The van der Waals surface area contributed by atoms with Crippen molar-refractivity contribution in [1.82, 2.24) is 9.78 Å². The molecule has 1 aromatic heterocycles. The SMILES string of the molecule is COc1ccc(CCn2nc(C)c(S(N)(=O)=O)c2C)cc1. The van der Waals surface area contributed by atoms with Crippen LogP contribution in [-0.2, 0) is 23.0 Å². The molecule has 114 valence electrons. The van der Waals surface area contributed by atoms with E-state index < -0.39 is 10.0 Å². The Morgan fingerprint density at radius 1 is 1.24 bits per heavy atom. The van der Waals surface area contributed by atoms with Gasteiger partial charge in [0.2, 0.25) is 10.0 Å². The van der Waals surface area contributed by atoms with Crippen LogP contribution in [0.2, 0.25) is 0 Å². The van der Waals surface area contributed by atoms with Crippen LogP contribution in [0.4, 0.5) is 0 Å². The molecule has 0 saturated heterocycles. The third kappa shape index (κ3) is 3.43. The van der Waals surface area contributed by atoms with E-state index in [2.05, 4.69) is 5.10 Å². The lowest BCUT2D eigenvalue weighted by Gasteiger charge is -2.06. The first-order chi connectivity index (χ1) is 9.82. The summed E-state index contributed by atoms with van der Waals surface area (Å²) in [5, 5.41) is 9.47. The van der Waals surface area contributed by atoms with Crippen LogP contribution in [0.25, 0.3) is 0 Å². The summed E-state index contributed by atoms with van der Waals surface area (Å²) in [5.74, 6) is 0.807. The van der Waals surface area contributed by atoms with Gasteiger partial charge in [0, 0.05) is 6.54 Å².